The number of hydrogen-bond donors (Lipinski definition) is 1. The minimum Gasteiger partial charge on any atom is -0.497 e. The highest BCUT2D eigenvalue weighted by molar-refractivity contribution is 5.47. The Morgan fingerprint density at radius 3 is 2.20 bits per heavy atom. The van der Waals surface area contributed by atoms with Gasteiger partial charge >= 0.3 is 0 Å². The molecule has 2 atom stereocenters. The largest absolute Gasteiger partial charge is 0.497 e. The van der Waals surface area contributed by atoms with E-state index in [9.17, 15) is 5.11 Å². The van der Waals surface area contributed by atoms with Crippen molar-refractivity contribution in [3.63, 3.8) is 0 Å². The van der Waals surface area contributed by atoms with Gasteiger partial charge in [-0.25, -0.2) is 0 Å². The van der Waals surface area contributed by atoms with E-state index in [0.29, 0.717) is 0 Å². The van der Waals surface area contributed by atoms with Crippen molar-refractivity contribution in [3.05, 3.63) is 77.9 Å². The first-order chi connectivity index (χ1) is 9.77. The minimum absolute atomic E-state index is 0.381. The van der Waals surface area contributed by atoms with Crippen LogP contribution in [-0.4, -0.2) is 18.3 Å². The Morgan fingerprint density at radius 2 is 1.65 bits per heavy atom. The first kappa shape index (κ1) is 12.9. The zero-order chi connectivity index (χ0) is 14.0. The Balaban J connectivity index is 2.11. The molecule has 3 rings (SSSR count). The Kier molecular flexibility index (Phi) is 3.33. The van der Waals surface area contributed by atoms with Gasteiger partial charge < -0.3 is 9.84 Å². The molecule has 0 saturated heterocycles. The summed E-state index contributed by atoms with van der Waals surface area (Å²) in [5.74, 6) is 0.831. The maximum Gasteiger partial charge on any atom is 0.118 e. The Hall–Kier alpha value is -2.06. The lowest BCUT2D eigenvalue weighted by Gasteiger charge is -2.34. The summed E-state index contributed by atoms with van der Waals surface area (Å²) in [7, 11) is 1.66. The molecule has 0 saturated carbocycles. The lowest BCUT2D eigenvalue weighted by atomic mass is 9.71. The summed E-state index contributed by atoms with van der Waals surface area (Å²) in [6.45, 7) is 0. The number of hydrogen-bond acceptors (Lipinski definition) is 2. The number of aliphatic hydroxyl groups is 1. The second-order valence-electron chi connectivity index (χ2n) is 5.14. The molecule has 0 radical (unpaired) electrons. The van der Waals surface area contributed by atoms with Crippen LogP contribution in [0.15, 0.2) is 66.7 Å². The van der Waals surface area contributed by atoms with E-state index in [1.165, 1.54) is 0 Å². The molecule has 2 heteroatoms. The molecule has 2 nitrogen and oxygen atoms in total. The predicted molar refractivity (Wildman–Crippen MR) is 80.0 cm³/mol. The molecule has 0 aromatic heterocycles. The fourth-order valence-corrected chi connectivity index (χ4v) is 3.04. The Labute approximate surface area is 119 Å². The molecule has 0 heterocycles. The number of benzene rings is 2. The van der Waals surface area contributed by atoms with Gasteiger partial charge in [0.15, 0.2) is 0 Å². The number of rotatable bonds is 3. The molecule has 0 bridgehead atoms. The van der Waals surface area contributed by atoms with E-state index in [1.807, 2.05) is 48.5 Å². The topological polar surface area (TPSA) is 29.5 Å². The molecule has 2 aromatic rings. The van der Waals surface area contributed by atoms with Crippen LogP contribution < -0.4 is 4.74 Å². The van der Waals surface area contributed by atoms with E-state index in [2.05, 4.69) is 18.2 Å². The van der Waals surface area contributed by atoms with Crippen molar-refractivity contribution < 1.29 is 9.84 Å². The van der Waals surface area contributed by atoms with Crippen molar-refractivity contribution in [2.45, 2.75) is 17.9 Å². The summed E-state index contributed by atoms with van der Waals surface area (Å²) in [5.41, 5.74) is 1.87. The third-order valence-corrected chi connectivity index (χ3v) is 4.16. The number of methoxy groups -OCH3 is 1. The summed E-state index contributed by atoms with van der Waals surface area (Å²) in [5, 5.41) is 10.6. The molecule has 102 valence electrons. The van der Waals surface area contributed by atoms with E-state index in [1.54, 1.807) is 7.11 Å². The molecule has 0 fully saturated rings. The average molecular weight is 266 g/mol. The van der Waals surface area contributed by atoms with Crippen molar-refractivity contribution in [2.24, 2.45) is 0 Å². The number of aliphatic hydroxyl groups excluding tert-OH is 1. The van der Waals surface area contributed by atoms with E-state index >= 15 is 0 Å². The molecular weight excluding hydrogens is 248 g/mol. The number of allylic oxidation sites excluding steroid dienone is 1. The van der Waals surface area contributed by atoms with Crippen molar-refractivity contribution >= 4 is 0 Å². The maximum atomic E-state index is 10.6. The Morgan fingerprint density at radius 1 is 1.00 bits per heavy atom. The van der Waals surface area contributed by atoms with Gasteiger partial charge in [0.2, 0.25) is 0 Å². The van der Waals surface area contributed by atoms with Crippen LogP contribution in [0.25, 0.3) is 0 Å². The third kappa shape index (κ3) is 1.93. The van der Waals surface area contributed by atoms with Crippen LogP contribution in [0.3, 0.4) is 0 Å². The van der Waals surface area contributed by atoms with E-state index in [0.717, 1.165) is 23.3 Å². The second kappa shape index (κ2) is 5.14. The van der Waals surface area contributed by atoms with Crippen molar-refractivity contribution in [1.82, 2.24) is 0 Å². The van der Waals surface area contributed by atoms with Crippen LogP contribution in [-0.2, 0) is 5.41 Å². The summed E-state index contributed by atoms with van der Waals surface area (Å²) in [4.78, 5) is 0. The molecule has 2 aromatic carbocycles. The zero-order valence-electron chi connectivity index (χ0n) is 11.5. The first-order valence-electron chi connectivity index (χ1n) is 6.82. The van der Waals surface area contributed by atoms with Crippen LogP contribution >= 0.6 is 0 Å². The SMILES string of the molecule is COc1ccc(C2(c3ccccc3)CC=CC2O)cc1. The van der Waals surface area contributed by atoms with Gasteiger partial charge in [-0.05, 0) is 29.7 Å². The summed E-state index contributed by atoms with van der Waals surface area (Å²) < 4.78 is 5.22. The predicted octanol–water partition coefficient (Wildman–Crippen LogP) is 3.30. The molecule has 0 amide bonds. The fraction of sp³-hybridized carbons (Fsp3) is 0.222. The average Bonchev–Trinajstić information content (AvgIpc) is 2.91. The lowest BCUT2D eigenvalue weighted by Crippen LogP contribution is -2.36. The van der Waals surface area contributed by atoms with Crippen LogP contribution in [0, 0.1) is 0 Å². The number of ether oxygens (including phenoxy) is 1. The molecule has 0 spiro atoms. The van der Waals surface area contributed by atoms with Gasteiger partial charge in [0.25, 0.3) is 0 Å². The van der Waals surface area contributed by atoms with E-state index in [-0.39, 0.29) is 5.41 Å². The Bertz CT molecular complexity index is 601. The summed E-state index contributed by atoms with van der Waals surface area (Å²) in [6, 6.07) is 18.2. The van der Waals surface area contributed by atoms with Crippen LogP contribution in [0.1, 0.15) is 17.5 Å². The van der Waals surface area contributed by atoms with Crippen LogP contribution in [0.5, 0.6) is 5.75 Å². The first-order valence-corrected chi connectivity index (χ1v) is 6.82. The van der Waals surface area contributed by atoms with E-state index < -0.39 is 6.10 Å². The van der Waals surface area contributed by atoms with Gasteiger partial charge in [0, 0.05) is 0 Å². The smallest absolute Gasteiger partial charge is 0.118 e. The van der Waals surface area contributed by atoms with Gasteiger partial charge in [-0.1, -0.05) is 54.6 Å². The van der Waals surface area contributed by atoms with Gasteiger partial charge in [0.1, 0.15) is 5.75 Å². The van der Waals surface area contributed by atoms with Crippen molar-refractivity contribution in [3.8, 4) is 5.75 Å². The molecule has 1 aliphatic carbocycles. The van der Waals surface area contributed by atoms with Gasteiger partial charge in [-0.2, -0.15) is 0 Å². The molecule has 2 unspecified atom stereocenters. The maximum absolute atomic E-state index is 10.6. The van der Waals surface area contributed by atoms with Gasteiger partial charge in [0.05, 0.1) is 18.6 Å². The molecule has 0 aliphatic heterocycles. The van der Waals surface area contributed by atoms with Crippen molar-refractivity contribution in [2.75, 3.05) is 7.11 Å². The highest BCUT2D eigenvalue weighted by Gasteiger charge is 2.42. The van der Waals surface area contributed by atoms with Crippen molar-refractivity contribution in [1.29, 1.82) is 0 Å². The molecule has 1 N–H and O–H groups in total. The quantitative estimate of drug-likeness (QED) is 0.864. The van der Waals surface area contributed by atoms with E-state index in [4.69, 9.17) is 4.74 Å². The highest BCUT2D eigenvalue weighted by atomic mass is 16.5. The lowest BCUT2D eigenvalue weighted by molar-refractivity contribution is 0.159. The van der Waals surface area contributed by atoms with Gasteiger partial charge in [-0.15, -0.1) is 0 Å². The van der Waals surface area contributed by atoms with Gasteiger partial charge in [-0.3, -0.25) is 0 Å². The van der Waals surface area contributed by atoms with Crippen LogP contribution in [0.2, 0.25) is 0 Å². The summed E-state index contributed by atoms with van der Waals surface area (Å²) >= 11 is 0. The standard InChI is InChI=1S/C18H18O2/c1-20-16-11-9-15(10-12-16)18(13-5-8-17(18)19)14-6-3-2-4-7-14/h2-12,17,19H,13H2,1H3. The molecular formula is C18H18O2. The van der Waals surface area contributed by atoms with Crippen LogP contribution in [0.4, 0.5) is 0 Å². The minimum atomic E-state index is -0.502. The zero-order valence-corrected chi connectivity index (χ0v) is 11.5. The normalized spacial score (nSPS) is 24.8. The fourth-order valence-electron chi connectivity index (χ4n) is 3.04. The highest BCUT2D eigenvalue weighted by Crippen LogP contribution is 2.43. The summed E-state index contributed by atoms with van der Waals surface area (Å²) in [6.07, 6.45) is 4.25. The second-order valence-corrected chi connectivity index (χ2v) is 5.14. The monoisotopic (exact) mass is 266 g/mol. The third-order valence-electron chi connectivity index (χ3n) is 4.16. The molecule has 1 aliphatic rings. The molecule has 20 heavy (non-hydrogen) atoms.